The van der Waals surface area contributed by atoms with E-state index in [4.69, 9.17) is 18.9 Å². The highest BCUT2D eigenvalue weighted by molar-refractivity contribution is 5.45. The van der Waals surface area contributed by atoms with Crippen LogP contribution in [0.2, 0.25) is 0 Å². The predicted molar refractivity (Wildman–Crippen MR) is 152 cm³/mol. The zero-order chi connectivity index (χ0) is 27.6. The second-order valence-corrected chi connectivity index (χ2v) is 13.7. The van der Waals surface area contributed by atoms with Crippen LogP contribution in [0.1, 0.15) is 95.5 Å². The van der Waals surface area contributed by atoms with Gasteiger partial charge in [-0.05, 0) is 92.9 Å². The molecule has 1 aromatic carbocycles. The van der Waals surface area contributed by atoms with Crippen molar-refractivity contribution in [2.24, 2.45) is 17.3 Å². The number of hydrogen-bond acceptors (Lipinski definition) is 6. The number of aliphatic hydroxyl groups is 2. The van der Waals surface area contributed by atoms with Crippen molar-refractivity contribution < 1.29 is 29.2 Å². The largest absolute Gasteiger partial charge is 0.465 e. The summed E-state index contributed by atoms with van der Waals surface area (Å²) in [6.07, 6.45) is 12.0. The van der Waals surface area contributed by atoms with Gasteiger partial charge >= 0.3 is 0 Å². The van der Waals surface area contributed by atoms with E-state index in [1.165, 1.54) is 16.7 Å². The number of allylic oxidation sites excluding steroid dienone is 1. The molecule has 6 nitrogen and oxygen atoms in total. The minimum Gasteiger partial charge on any atom is -0.465 e. The molecule has 2 heterocycles. The summed E-state index contributed by atoms with van der Waals surface area (Å²) in [6.45, 7) is 8.31. The molecule has 1 aromatic rings. The first-order chi connectivity index (χ1) is 19.3. The molecule has 6 aliphatic rings. The van der Waals surface area contributed by atoms with E-state index in [9.17, 15) is 10.2 Å². The Morgan fingerprint density at radius 3 is 2.52 bits per heavy atom. The smallest absolute Gasteiger partial charge is 0.199 e. The lowest BCUT2D eigenvalue weighted by Crippen LogP contribution is -2.55. The van der Waals surface area contributed by atoms with Crippen LogP contribution >= 0.6 is 0 Å². The molecular weight excluding hydrogens is 504 g/mol. The zero-order valence-corrected chi connectivity index (χ0v) is 24.0. The van der Waals surface area contributed by atoms with Crippen molar-refractivity contribution in [1.29, 1.82) is 0 Å². The van der Waals surface area contributed by atoms with Crippen LogP contribution in [0.25, 0.3) is 0 Å². The molecule has 7 atom stereocenters. The van der Waals surface area contributed by atoms with Gasteiger partial charge in [0.1, 0.15) is 5.75 Å². The SMILES string of the molecule is C=CC[C@]1(O)CC[C@H]2[C@@H]3CC[C@@]4(O)CC5(CCC4=C3[C@@H](c3ccc(OC4CCCCO4)cc3)C[C@@]21C)OCCO5. The average molecular weight is 551 g/mol. The maximum Gasteiger partial charge on any atom is 0.199 e. The van der Waals surface area contributed by atoms with E-state index in [-0.39, 0.29) is 17.6 Å². The fourth-order valence-corrected chi connectivity index (χ4v) is 9.71. The lowest BCUT2D eigenvalue weighted by Gasteiger charge is -2.57. The Hall–Kier alpha value is -1.70. The Morgan fingerprint density at radius 2 is 1.80 bits per heavy atom. The zero-order valence-electron chi connectivity index (χ0n) is 24.0. The van der Waals surface area contributed by atoms with Crippen LogP contribution in [0.15, 0.2) is 48.1 Å². The Bertz CT molecular complexity index is 1150. The van der Waals surface area contributed by atoms with E-state index >= 15 is 0 Å². The molecule has 6 heteroatoms. The van der Waals surface area contributed by atoms with Crippen LogP contribution in [0.4, 0.5) is 0 Å². The van der Waals surface area contributed by atoms with Gasteiger partial charge in [-0.2, -0.15) is 0 Å². The van der Waals surface area contributed by atoms with Crippen molar-refractivity contribution in [2.75, 3.05) is 19.8 Å². The summed E-state index contributed by atoms with van der Waals surface area (Å²) in [5, 5.41) is 24.3. The van der Waals surface area contributed by atoms with Gasteiger partial charge in [0.2, 0.25) is 0 Å². The Labute approximate surface area is 238 Å². The minimum absolute atomic E-state index is 0.141. The number of rotatable bonds is 5. The summed E-state index contributed by atoms with van der Waals surface area (Å²) >= 11 is 0. The number of hydrogen-bond donors (Lipinski definition) is 2. The monoisotopic (exact) mass is 550 g/mol. The third-order valence-corrected chi connectivity index (χ3v) is 11.7. The molecule has 7 rings (SSSR count). The summed E-state index contributed by atoms with van der Waals surface area (Å²) in [5.74, 6) is 1.11. The van der Waals surface area contributed by atoms with E-state index in [0.717, 1.165) is 76.6 Å². The molecule has 2 N–H and O–H groups in total. The third-order valence-electron chi connectivity index (χ3n) is 11.7. The number of ether oxygens (including phenoxy) is 4. The van der Waals surface area contributed by atoms with Gasteiger partial charge in [-0.25, -0.2) is 0 Å². The summed E-state index contributed by atoms with van der Waals surface area (Å²) < 4.78 is 24.1. The molecule has 0 amide bonds. The standard InChI is InChI=1S/C34H46O6/c1-3-14-33(36)16-12-27-25-11-15-32(35)22-34(38-19-20-39-34)17-13-28(32)30(25)26(21-31(27,33)2)23-7-9-24(10-8-23)40-29-6-4-5-18-37-29/h3,7-10,25-27,29,35-36H,1,4-6,11-22H2,2H3/t25-,26+,27-,29?,31-,32+,33-/m0/s1. The first-order valence-electron chi connectivity index (χ1n) is 15.7. The maximum absolute atomic E-state index is 12.2. The van der Waals surface area contributed by atoms with Gasteiger partial charge in [0.15, 0.2) is 12.1 Å². The quantitative estimate of drug-likeness (QED) is 0.427. The third kappa shape index (κ3) is 4.24. The Morgan fingerprint density at radius 1 is 1.00 bits per heavy atom. The van der Waals surface area contributed by atoms with Crippen LogP contribution < -0.4 is 4.74 Å². The highest BCUT2D eigenvalue weighted by Crippen LogP contribution is 2.68. The van der Waals surface area contributed by atoms with Gasteiger partial charge in [0.05, 0.1) is 31.0 Å². The van der Waals surface area contributed by atoms with Crippen molar-refractivity contribution in [3.05, 3.63) is 53.6 Å². The Kier molecular flexibility index (Phi) is 6.75. The van der Waals surface area contributed by atoms with Crippen molar-refractivity contribution >= 4 is 0 Å². The van der Waals surface area contributed by atoms with Crippen molar-refractivity contribution in [1.82, 2.24) is 0 Å². The molecule has 3 saturated carbocycles. The van der Waals surface area contributed by atoms with Crippen molar-refractivity contribution in [2.45, 2.75) is 113 Å². The van der Waals surface area contributed by atoms with Crippen molar-refractivity contribution in [3.8, 4) is 5.75 Å². The van der Waals surface area contributed by atoms with Gasteiger partial charge < -0.3 is 29.2 Å². The molecule has 1 spiro atoms. The van der Waals surface area contributed by atoms with Crippen LogP contribution in [0, 0.1) is 17.3 Å². The molecule has 0 radical (unpaired) electrons. The first kappa shape index (κ1) is 27.2. The van der Waals surface area contributed by atoms with E-state index in [1.54, 1.807) is 0 Å². The summed E-state index contributed by atoms with van der Waals surface area (Å²) in [7, 11) is 0. The molecule has 2 saturated heterocycles. The maximum atomic E-state index is 12.2. The van der Waals surface area contributed by atoms with E-state index in [0.29, 0.717) is 37.9 Å². The van der Waals surface area contributed by atoms with Gasteiger partial charge in [0.25, 0.3) is 0 Å². The van der Waals surface area contributed by atoms with Gasteiger partial charge in [0, 0.05) is 30.6 Å². The fourth-order valence-electron chi connectivity index (χ4n) is 9.71. The lowest BCUT2D eigenvalue weighted by atomic mass is 9.49. The first-order valence-corrected chi connectivity index (χ1v) is 15.7. The average Bonchev–Trinajstić information content (AvgIpc) is 3.50. The fraction of sp³-hybridized carbons (Fsp3) is 0.706. The van der Waals surface area contributed by atoms with Crippen LogP contribution in [-0.2, 0) is 14.2 Å². The number of benzene rings is 1. The van der Waals surface area contributed by atoms with Gasteiger partial charge in [-0.3, -0.25) is 0 Å². The topological polar surface area (TPSA) is 77.4 Å². The number of fused-ring (bicyclic) bond motifs is 4. The van der Waals surface area contributed by atoms with Crippen LogP contribution in [0.5, 0.6) is 5.75 Å². The van der Waals surface area contributed by atoms with E-state index in [1.807, 2.05) is 6.08 Å². The molecule has 218 valence electrons. The molecule has 1 unspecified atom stereocenters. The van der Waals surface area contributed by atoms with E-state index < -0.39 is 17.0 Å². The normalized spacial score (nSPS) is 42.3. The second kappa shape index (κ2) is 9.95. The van der Waals surface area contributed by atoms with Gasteiger partial charge in [-0.1, -0.05) is 30.7 Å². The molecule has 40 heavy (non-hydrogen) atoms. The highest BCUT2D eigenvalue weighted by Gasteiger charge is 2.64. The highest BCUT2D eigenvalue weighted by atomic mass is 16.7. The molecule has 5 fully saturated rings. The van der Waals surface area contributed by atoms with Gasteiger partial charge in [-0.15, -0.1) is 6.58 Å². The summed E-state index contributed by atoms with van der Waals surface area (Å²) in [6, 6.07) is 8.58. The Balaban J connectivity index is 1.27. The van der Waals surface area contributed by atoms with Crippen LogP contribution in [-0.4, -0.2) is 53.3 Å². The van der Waals surface area contributed by atoms with E-state index in [2.05, 4.69) is 37.8 Å². The molecule has 0 aromatic heterocycles. The summed E-state index contributed by atoms with van der Waals surface area (Å²) in [5.41, 5.74) is 2.07. The van der Waals surface area contributed by atoms with Crippen molar-refractivity contribution in [3.63, 3.8) is 0 Å². The lowest BCUT2D eigenvalue weighted by molar-refractivity contribution is -0.208. The molecular formula is C34H46O6. The molecule has 2 aliphatic heterocycles. The minimum atomic E-state index is -0.891. The second-order valence-electron chi connectivity index (χ2n) is 13.7. The molecule has 4 aliphatic carbocycles. The molecule has 0 bridgehead atoms. The van der Waals surface area contributed by atoms with Crippen LogP contribution in [0.3, 0.4) is 0 Å². The predicted octanol–water partition coefficient (Wildman–Crippen LogP) is 6.17. The summed E-state index contributed by atoms with van der Waals surface area (Å²) in [4.78, 5) is 0.